The van der Waals surface area contributed by atoms with Gasteiger partial charge in [-0.1, -0.05) is 12.1 Å². The first-order chi connectivity index (χ1) is 9.55. The zero-order valence-corrected chi connectivity index (χ0v) is 12.3. The van der Waals surface area contributed by atoms with Crippen LogP contribution < -0.4 is 10.1 Å². The highest BCUT2D eigenvalue weighted by Crippen LogP contribution is 2.41. The zero-order chi connectivity index (χ0) is 14.3. The molecule has 4 heteroatoms. The third-order valence-corrected chi connectivity index (χ3v) is 4.94. The fraction of sp³-hybridized carbons (Fsp3) is 0.562. The second-order valence-corrected chi connectivity index (χ2v) is 6.29. The molecule has 2 atom stereocenters. The maximum atomic E-state index is 12.9. The van der Waals surface area contributed by atoms with E-state index in [2.05, 4.69) is 19.2 Å². The summed E-state index contributed by atoms with van der Waals surface area (Å²) in [6.45, 7) is 7.22. The third kappa shape index (κ3) is 1.90. The van der Waals surface area contributed by atoms with Crippen molar-refractivity contribution in [3.05, 3.63) is 29.8 Å². The van der Waals surface area contributed by atoms with Crippen LogP contribution in [-0.4, -0.2) is 43.1 Å². The van der Waals surface area contributed by atoms with E-state index in [4.69, 9.17) is 4.74 Å². The molecule has 2 fully saturated rings. The Morgan fingerprint density at radius 2 is 2.10 bits per heavy atom. The highest BCUT2D eigenvalue weighted by atomic mass is 16.5. The van der Waals surface area contributed by atoms with Crippen molar-refractivity contribution in [2.45, 2.75) is 19.4 Å². The number of rotatable bonds is 2. The maximum Gasteiger partial charge on any atom is 0.258 e. The van der Waals surface area contributed by atoms with Gasteiger partial charge >= 0.3 is 0 Å². The monoisotopic (exact) mass is 274 g/mol. The molecule has 0 bridgehead atoms. The molecular formula is C16H22N2O2. The number of amides is 1. The van der Waals surface area contributed by atoms with Gasteiger partial charge in [-0.15, -0.1) is 0 Å². The molecular weight excluding hydrogens is 252 g/mol. The summed E-state index contributed by atoms with van der Waals surface area (Å²) in [4.78, 5) is 14.9. The van der Waals surface area contributed by atoms with Gasteiger partial charge in [-0.25, -0.2) is 0 Å². The van der Waals surface area contributed by atoms with Crippen molar-refractivity contribution in [1.29, 1.82) is 0 Å². The molecule has 0 spiro atoms. The van der Waals surface area contributed by atoms with Crippen molar-refractivity contribution in [3.8, 4) is 5.75 Å². The van der Waals surface area contributed by atoms with Crippen molar-refractivity contribution >= 4 is 5.91 Å². The van der Waals surface area contributed by atoms with Gasteiger partial charge < -0.3 is 15.0 Å². The van der Waals surface area contributed by atoms with Gasteiger partial charge in [0, 0.05) is 25.2 Å². The normalized spacial score (nSPS) is 27.4. The van der Waals surface area contributed by atoms with E-state index in [0.29, 0.717) is 23.1 Å². The predicted molar refractivity (Wildman–Crippen MR) is 78.0 cm³/mol. The van der Waals surface area contributed by atoms with Crippen LogP contribution in [0.5, 0.6) is 5.75 Å². The van der Waals surface area contributed by atoms with Gasteiger partial charge in [-0.05, 0) is 37.8 Å². The molecule has 4 nitrogen and oxygen atoms in total. The van der Waals surface area contributed by atoms with E-state index < -0.39 is 0 Å². The molecule has 1 N–H and O–H groups in total. The van der Waals surface area contributed by atoms with Gasteiger partial charge in [-0.3, -0.25) is 4.79 Å². The van der Waals surface area contributed by atoms with Gasteiger partial charge in [0.05, 0.1) is 12.7 Å². The standard InChI is InChI=1S/C16H22N2O2/c1-16(2)13-9-17-8-11(13)10-18(16)15(19)12-6-4-5-7-14(12)20-3/h4-7,11,13,17H,8-10H2,1-3H3. The Labute approximate surface area is 120 Å². The minimum absolute atomic E-state index is 0.0850. The van der Waals surface area contributed by atoms with Gasteiger partial charge in [0.25, 0.3) is 5.91 Å². The van der Waals surface area contributed by atoms with E-state index in [0.717, 1.165) is 19.6 Å². The Balaban J connectivity index is 1.91. The molecule has 3 rings (SSSR count). The van der Waals surface area contributed by atoms with Crippen LogP contribution in [-0.2, 0) is 0 Å². The number of nitrogens with one attached hydrogen (secondary N) is 1. The Morgan fingerprint density at radius 3 is 2.80 bits per heavy atom. The summed E-state index contributed by atoms with van der Waals surface area (Å²) in [5, 5.41) is 3.44. The molecule has 2 aliphatic rings. The number of hydrogen-bond acceptors (Lipinski definition) is 3. The summed E-state index contributed by atoms with van der Waals surface area (Å²) in [6.07, 6.45) is 0. The topological polar surface area (TPSA) is 41.6 Å². The van der Waals surface area contributed by atoms with E-state index >= 15 is 0 Å². The van der Waals surface area contributed by atoms with Crippen LogP contribution in [0.15, 0.2) is 24.3 Å². The smallest absolute Gasteiger partial charge is 0.258 e. The SMILES string of the molecule is COc1ccccc1C(=O)N1CC2CNCC2C1(C)C. The van der Waals surface area contributed by atoms with Crippen LogP contribution in [0, 0.1) is 11.8 Å². The number of fused-ring (bicyclic) bond motifs is 1. The number of methoxy groups -OCH3 is 1. The number of para-hydroxylation sites is 1. The van der Waals surface area contributed by atoms with E-state index in [1.54, 1.807) is 7.11 Å². The van der Waals surface area contributed by atoms with Crippen LogP contribution in [0.3, 0.4) is 0 Å². The number of carbonyl (C=O) groups excluding carboxylic acids is 1. The molecule has 108 valence electrons. The summed E-state index contributed by atoms with van der Waals surface area (Å²) in [6, 6.07) is 7.48. The summed E-state index contributed by atoms with van der Waals surface area (Å²) in [5.74, 6) is 1.86. The average molecular weight is 274 g/mol. The predicted octanol–water partition coefficient (Wildman–Crippen LogP) is 1.77. The summed E-state index contributed by atoms with van der Waals surface area (Å²) >= 11 is 0. The van der Waals surface area contributed by atoms with E-state index in [-0.39, 0.29) is 11.4 Å². The number of carbonyl (C=O) groups is 1. The summed E-state index contributed by atoms with van der Waals surface area (Å²) in [5.41, 5.74) is 0.558. The first-order valence-electron chi connectivity index (χ1n) is 7.21. The highest BCUT2D eigenvalue weighted by molar-refractivity contribution is 5.97. The fourth-order valence-corrected chi connectivity index (χ4v) is 3.73. The van der Waals surface area contributed by atoms with Crippen molar-refractivity contribution in [3.63, 3.8) is 0 Å². The molecule has 0 saturated carbocycles. The van der Waals surface area contributed by atoms with Crippen LogP contribution in [0.4, 0.5) is 0 Å². The fourth-order valence-electron chi connectivity index (χ4n) is 3.73. The molecule has 0 radical (unpaired) electrons. The van der Waals surface area contributed by atoms with E-state index in [1.807, 2.05) is 29.2 Å². The van der Waals surface area contributed by atoms with Crippen LogP contribution in [0.25, 0.3) is 0 Å². The molecule has 0 aliphatic carbocycles. The number of likely N-dealkylation sites (tertiary alicyclic amines) is 1. The van der Waals surface area contributed by atoms with Crippen LogP contribution in [0.1, 0.15) is 24.2 Å². The lowest BCUT2D eigenvalue weighted by atomic mass is 9.84. The molecule has 1 aromatic carbocycles. The second kappa shape index (κ2) is 4.77. The molecule has 20 heavy (non-hydrogen) atoms. The summed E-state index contributed by atoms with van der Waals surface area (Å²) < 4.78 is 5.33. The quantitative estimate of drug-likeness (QED) is 0.893. The molecule has 1 amide bonds. The Hall–Kier alpha value is -1.55. The number of ether oxygens (including phenoxy) is 1. The first kappa shape index (κ1) is 13.4. The van der Waals surface area contributed by atoms with Crippen molar-refractivity contribution in [1.82, 2.24) is 10.2 Å². The molecule has 2 aliphatic heterocycles. The number of benzene rings is 1. The van der Waals surface area contributed by atoms with Crippen LogP contribution in [0.2, 0.25) is 0 Å². The minimum atomic E-state index is -0.105. The first-order valence-corrected chi connectivity index (χ1v) is 7.21. The van der Waals surface area contributed by atoms with E-state index in [9.17, 15) is 4.79 Å². The number of hydrogen-bond donors (Lipinski definition) is 1. The maximum absolute atomic E-state index is 12.9. The molecule has 2 saturated heterocycles. The van der Waals surface area contributed by atoms with E-state index in [1.165, 1.54) is 0 Å². The second-order valence-electron chi connectivity index (χ2n) is 6.29. The average Bonchev–Trinajstić information content (AvgIpc) is 3.00. The lowest BCUT2D eigenvalue weighted by molar-refractivity contribution is 0.0600. The van der Waals surface area contributed by atoms with Gasteiger partial charge in [0.2, 0.25) is 0 Å². The number of nitrogens with zero attached hydrogens (tertiary/aromatic N) is 1. The largest absolute Gasteiger partial charge is 0.496 e. The van der Waals surface area contributed by atoms with Gasteiger partial charge in [0.1, 0.15) is 5.75 Å². The van der Waals surface area contributed by atoms with Crippen molar-refractivity contribution < 1.29 is 9.53 Å². The van der Waals surface area contributed by atoms with Crippen LogP contribution >= 0.6 is 0 Å². The van der Waals surface area contributed by atoms with Gasteiger partial charge in [0.15, 0.2) is 0 Å². The molecule has 2 unspecified atom stereocenters. The van der Waals surface area contributed by atoms with Gasteiger partial charge in [-0.2, -0.15) is 0 Å². The zero-order valence-electron chi connectivity index (χ0n) is 12.3. The Morgan fingerprint density at radius 1 is 1.35 bits per heavy atom. The minimum Gasteiger partial charge on any atom is -0.496 e. The Kier molecular flexibility index (Phi) is 3.21. The Bertz CT molecular complexity index is 527. The third-order valence-electron chi connectivity index (χ3n) is 4.94. The molecule has 2 heterocycles. The van der Waals surface area contributed by atoms with Crippen molar-refractivity contribution in [2.75, 3.05) is 26.7 Å². The highest BCUT2D eigenvalue weighted by Gasteiger charge is 2.51. The van der Waals surface area contributed by atoms with Crippen molar-refractivity contribution in [2.24, 2.45) is 11.8 Å². The molecule has 1 aromatic rings. The lowest BCUT2D eigenvalue weighted by Gasteiger charge is -2.35. The molecule has 0 aromatic heterocycles. The lowest BCUT2D eigenvalue weighted by Crippen LogP contribution is -2.47. The summed E-state index contributed by atoms with van der Waals surface area (Å²) in [7, 11) is 1.61.